The molecule has 0 fully saturated rings. The molecule has 2 aromatic heterocycles. The summed E-state index contributed by atoms with van der Waals surface area (Å²) in [6.45, 7) is 2.01. The van der Waals surface area contributed by atoms with Crippen molar-refractivity contribution in [2.24, 2.45) is 0 Å². The number of ether oxygens (including phenoxy) is 1. The Morgan fingerprint density at radius 2 is 1.67 bits per heavy atom. The monoisotopic (exact) mass is 496 g/mol. The summed E-state index contributed by atoms with van der Waals surface area (Å²) in [6, 6.07) is 23.5. The Balaban J connectivity index is 1.57. The Morgan fingerprint density at radius 3 is 2.36 bits per heavy atom. The molecule has 0 bridgehead atoms. The van der Waals surface area contributed by atoms with E-state index in [9.17, 15) is 14.4 Å². The number of amides is 1. The van der Waals surface area contributed by atoms with E-state index in [4.69, 9.17) is 4.74 Å². The molecule has 5 aromatic rings. The van der Waals surface area contributed by atoms with E-state index in [2.05, 4.69) is 20.5 Å². The maximum atomic E-state index is 13.5. The van der Waals surface area contributed by atoms with Crippen molar-refractivity contribution < 1.29 is 14.3 Å². The van der Waals surface area contributed by atoms with Crippen LogP contribution in [0.5, 0.6) is 0 Å². The highest BCUT2D eigenvalue weighted by molar-refractivity contribution is 7.22. The van der Waals surface area contributed by atoms with Crippen LogP contribution in [0.4, 0.5) is 5.13 Å². The van der Waals surface area contributed by atoms with Crippen LogP contribution in [-0.2, 0) is 4.74 Å². The second-order valence-electron chi connectivity index (χ2n) is 7.76. The number of hydrogen-bond donors (Lipinski definition) is 2. The number of thiazole rings is 1. The molecule has 3 aromatic carbocycles. The van der Waals surface area contributed by atoms with Gasteiger partial charge in [0, 0.05) is 11.1 Å². The van der Waals surface area contributed by atoms with E-state index in [-0.39, 0.29) is 12.2 Å². The van der Waals surface area contributed by atoms with Gasteiger partial charge in [-0.05, 0) is 30.7 Å². The first kappa shape index (κ1) is 23.1. The van der Waals surface area contributed by atoms with Crippen molar-refractivity contribution in [3.63, 3.8) is 0 Å². The summed E-state index contributed by atoms with van der Waals surface area (Å²) in [5.74, 6) is -1.04. The molecule has 0 saturated heterocycles. The predicted octanol–water partition coefficient (Wildman–Crippen LogP) is 5.14. The van der Waals surface area contributed by atoms with Gasteiger partial charge in [0.25, 0.3) is 11.5 Å². The molecule has 0 saturated carbocycles. The maximum absolute atomic E-state index is 13.5. The highest BCUT2D eigenvalue weighted by Crippen LogP contribution is 2.33. The summed E-state index contributed by atoms with van der Waals surface area (Å²) in [5.41, 5.74) is 2.68. The molecule has 0 spiro atoms. The number of aromatic nitrogens is 3. The normalized spacial score (nSPS) is 10.8. The molecule has 36 heavy (non-hydrogen) atoms. The fourth-order valence-corrected chi connectivity index (χ4v) is 4.74. The van der Waals surface area contributed by atoms with Crippen molar-refractivity contribution in [3.8, 4) is 22.4 Å². The molecule has 8 nitrogen and oxygen atoms in total. The number of aromatic amines is 1. The van der Waals surface area contributed by atoms with Crippen LogP contribution in [0.1, 0.15) is 27.6 Å². The molecule has 1 amide bonds. The van der Waals surface area contributed by atoms with E-state index in [1.165, 1.54) is 11.3 Å². The molecule has 0 aliphatic rings. The lowest BCUT2D eigenvalue weighted by Crippen LogP contribution is -2.26. The smallest absolute Gasteiger partial charge is 0.338 e. The Kier molecular flexibility index (Phi) is 6.38. The molecule has 2 N–H and O–H groups in total. The van der Waals surface area contributed by atoms with Gasteiger partial charge < -0.3 is 4.74 Å². The van der Waals surface area contributed by atoms with Gasteiger partial charge in [-0.3, -0.25) is 14.9 Å². The minimum Gasteiger partial charge on any atom is -0.462 e. The number of anilines is 1. The summed E-state index contributed by atoms with van der Waals surface area (Å²) >= 11 is 1.20. The number of rotatable bonds is 6. The molecule has 0 radical (unpaired) electrons. The number of nitrogens with one attached hydrogen (secondary N) is 2. The van der Waals surface area contributed by atoms with Crippen molar-refractivity contribution in [2.45, 2.75) is 6.92 Å². The number of H-pyrrole nitrogens is 1. The van der Waals surface area contributed by atoms with Crippen LogP contribution in [0.25, 0.3) is 32.6 Å². The van der Waals surface area contributed by atoms with E-state index < -0.39 is 17.4 Å². The first-order valence-corrected chi connectivity index (χ1v) is 12.0. The zero-order valence-electron chi connectivity index (χ0n) is 19.1. The highest BCUT2D eigenvalue weighted by Gasteiger charge is 2.24. The lowest BCUT2D eigenvalue weighted by Gasteiger charge is -2.13. The Labute approximate surface area is 209 Å². The molecule has 0 aliphatic carbocycles. The van der Waals surface area contributed by atoms with Gasteiger partial charge in [0.1, 0.15) is 5.56 Å². The topological polar surface area (TPSA) is 114 Å². The van der Waals surface area contributed by atoms with Crippen LogP contribution in [0.3, 0.4) is 0 Å². The molecule has 0 aliphatic heterocycles. The summed E-state index contributed by atoms with van der Waals surface area (Å²) in [4.78, 5) is 42.9. The fraction of sp³-hybridized carbons (Fsp3) is 0.0741. The highest BCUT2D eigenvalue weighted by atomic mass is 32.1. The number of fused-ring (bicyclic) bond motifs is 1. The van der Waals surface area contributed by atoms with Gasteiger partial charge in [-0.1, -0.05) is 72.0 Å². The van der Waals surface area contributed by atoms with Crippen molar-refractivity contribution >= 4 is 38.6 Å². The zero-order valence-corrected chi connectivity index (χ0v) is 20.0. The van der Waals surface area contributed by atoms with Gasteiger partial charge in [0.05, 0.1) is 28.1 Å². The van der Waals surface area contributed by atoms with Crippen molar-refractivity contribution in [1.82, 2.24) is 15.2 Å². The molecular weight excluding hydrogens is 476 g/mol. The van der Waals surface area contributed by atoms with E-state index in [0.717, 1.165) is 5.56 Å². The zero-order chi connectivity index (χ0) is 25.1. The largest absolute Gasteiger partial charge is 0.462 e. The summed E-state index contributed by atoms with van der Waals surface area (Å²) in [7, 11) is 0. The predicted molar refractivity (Wildman–Crippen MR) is 139 cm³/mol. The summed E-state index contributed by atoms with van der Waals surface area (Å²) in [5, 5.41) is 9.80. The fourth-order valence-electron chi connectivity index (χ4n) is 3.84. The van der Waals surface area contributed by atoms with Crippen molar-refractivity contribution in [3.05, 3.63) is 100 Å². The van der Waals surface area contributed by atoms with Crippen LogP contribution < -0.4 is 10.9 Å². The number of carbonyl (C=O) groups is 2. The van der Waals surface area contributed by atoms with Crippen LogP contribution in [0.15, 0.2) is 83.7 Å². The minimum atomic E-state index is -0.614. The van der Waals surface area contributed by atoms with Crippen molar-refractivity contribution in [2.75, 3.05) is 11.9 Å². The summed E-state index contributed by atoms with van der Waals surface area (Å²) in [6.07, 6.45) is 0. The van der Waals surface area contributed by atoms with Gasteiger partial charge in [0.2, 0.25) is 0 Å². The van der Waals surface area contributed by atoms with Crippen LogP contribution in [0.2, 0.25) is 0 Å². The Bertz CT molecular complexity index is 1630. The maximum Gasteiger partial charge on any atom is 0.338 e. The number of esters is 1. The van der Waals surface area contributed by atoms with Gasteiger partial charge >= 0.3 is 5.97 Å². The first-order valence-electron chi connectivity index (χ1n) is 11.2. The van der Waals surface area contributed by atoms with Crippen LogP contribution >= 0.6 is 11.3 Å². The lowest BCUT2D eigenvalue weighted by atomic mass is 9.95. The van der Waals surface area contributed by atoms with Gasteiger partial charge in [-0.25, -0.2) is 14.9 Å². The molecule has 2 heterocycles. The Hall–Kier alpha value is -4.63. The quantitative estimate of drug-likeness (QED) is 0.315. The molecule has 0 atom stereocenters. The second kappa shape index (κ2) is 9.93. The third-order valence-electron chi connectivity index (χ3n) is 5.44. The van der Waals surface area contributed by atoms with Crippen LogP contribution in [0, 0.1) is 0 Å². The van der Waals surface area contributed by atoms with Gasteiger partial charge in [-0.15, -0.1) is 0 Å². The molecule has 5 rings (SSSR count). The van der Waals surface area contributed by atoms with Gasteiger partial charge in [0.15, 0.2) is 5.13 Å². The van der Waals surface area contributed by atoms with E-state index in [1.807, 2.05) is 60.7 Å². The molecule has 178 valence electrons. The molecule has 9 heteroatoms. The van der Waals surface area contributed by atoms with E-state index >= 15 is 0 Å². The minimum absolute atomic E-state index is 0.0680. The third kappa shape index (κ3) is 4.51. The third-order valence-corrected chi connectivity index (χ3v) is 6.37. The van der Waals surface area contributed by atoms with Gasteiger partial charge in [-0.2, -0.15) is 5.10 Å². The standard InChI is InChI=1S/C27H20N4O4S/c1-2-35-26(34)18-13-14-19-20(15-18)36-27(28-19)29-24(32)22-21(16-9-5-3-6-10-16)23(30-31-25(22)33)17-11-7-4-8-12-17/h3-15H,2H2,1H3,(H,31,33)(H,28,29,32). The average molecular weight is 497 g/mol. The number of benzene rings is 3. The number of nitrogens with zero attached hydrogens (tertiary/aromatic N) is 2. The van der Waals surface area contributed by atoms with E-state index in [0.29, 0.717) is 37.7 Å². The van der Waals surface area contributed by atoms with Crippen LogP contribution in [-0.4, -0.2) is 33.7 Å². The molecule has 0 unspecified atom stereocenters. The van der Waals surface area contributed by atoms with E-state index in [1.54, 1.807) is 25.1 Å². The SMILES string of the molecule is CCOC(=O)c1ccc2nc(NC(=O)c3c(-c4ccccc4)c(-c4ccccc4)n[nH]c3=O)sc2c1. The van der Waals surface area contributed by atoms with Crippen molar-refractivity contribution in [1.29, 1.82) is 0 Å². The second-order valence-corrected chi connectivity index (χ2v) is 8.79. The number of carbonyl (C=O) groups excluding carboxylic acids is 2. The number of hydrogen-bond acceptors (Lipinski definition) is 7. The lowest BCUT2D eigenvalue weighted by molar-refractivity contribution is 0.0526. The Morgan fingerprint density at radius 1 is 0.972 bits per heavy atom. The molecular formula is C27H20N4O4S. The first-order chi connectivity index (χ1) is 17.5. The summed E-state index contributed by atoms with van der Waals surface area (Å²) < 4.78 is 5.76. The average Bonchev–Trinajstić information content (AvgIpc) is 3.31.